The van der Waals surface area contributed by atoms with Crippen LogP contribution >= 0.6 is 0 Å². The lowest BCUT2D eigenvalue weighted by molar-refractivity contribution is 0.0214. The summed E-state index contributed by atoms with van der Waals surface area (Å²) in [6.45, 7) is 2.88. The monoisotopic (exact) mass is 219 g/mol. The molecule has 3 rings (SSSR count). The molecule has 2 aliphatic rings. The number of nitrogens with zero attached hydrogens (tertiary/aromatic N) is 1. The van der Waals surface area contributed by atoms with Crippen LogP contribution in [0.15, 0.2) is 24.5 Å². The van der Waals surface area contributed by atoms with Gasteiger partial charge in [0.15, 0.2) is 0 Å². The lowest BCUT2D eigenvalue weighted by Crippen LogP contribution is -2.31. The van der Waals surface area contributed by atoms with Crippen LogP contribution in [-0.4, -0.2) is 36.3 Å². The van der Waals surface area contributed by atoms with E-state index in [2.05, 4.69) is 15.6 Å². The van der Waals surface area contributed by atoms with Crippen LogP contribution in [-0.2, 0) is 4.74 Å². The molecule has 1 aromatic heterocycles. The first-order valence-electron chi connectivity index (χ1n) is 5.88. The third-order valence-corrected chi connectivity index (χ3v) is 3.45. The predicted octanol–water partition coefficient (Wildman–Crippen LogP) is 1.01. The molecule has 4 nitrogen and oxygen atoms in total. The number of ether oxygens (including phenoxy) is 1. The third kappa shape index (κ3) is 1.90. The Morgan fingerprint density at radius 1 is 1.56 bits per heavy atom. The molecule has 0 saturated carbocycles. The normalized spacial score (nSPS) is 33.4. The molecule has 2 saturated heterocycles. The van der Waals surface area contributed by atoms with Crippen molar-refractivity contribution in [2.45, 2.75) is 24.5 Å². The van der Waals surface area contributed by atoms with Crippen LogP contribution in [0.25, 0.3) is 0 Å². The van der Waals surface area contributed by atoms with Crippen molar-refractivity contribution in [3.8, 4) is 0 Å². The lowest BCUT2D eigenvalue weighted by Gasteiger charge is -2.20. The fourth-order valence-electron chi connectivity index (χ4n) is 2.64. The average Bonchev–Trinajstić information content (AvgIpc) is 2.92. The molecular weight excluding hydrogens is 202 g/mol. The number of hydrogen-bond donors (Lipinski definition) is 2. The fourth-order valence-corrected chi connectivity index (χ4v) is 2.64. The number of nitrogens with one attached hydrogen (secondary N) is 2. The number of rotatable bonds is 2. The summed E-state index contributed by atoms with van der Waals surface area (Å²) in [5, 5.41) is 6.85. The van der Waals surface area contributed by atoms with E-state index in [0.717, 1.165) is 38.2 Å². The quantitative estimate of drug-likeness (QED) is 0.779. The molecule has 3 heterocycles. The first kappa shape index (κ1) is 10.1. The van der Waals surface area contributed by atoms with E-state index in [1.54, 1.807) is 6.20 Å². The maximum Gasteiger partial charge on any atom is 0.0839 e. The van der Waals surface area contributed by atoms with Crippen molar-refractivity contribution in [2.75, 3.05) is 25.0 Å². The molecule has 0 aliphatic carbocycles. The molecule has 86 valence electrons. The molecule has 0 unspecified atom stereocenters. The molecule has 2 aliphatic heterocycles. The maximum atomic E-state index is 5.94. The van der Waals surface area contributed by atoms with Gasteiger partial charge >= 0.3 is 0 Å². The summed E-state index contributed by atoms with van der Waals surface area (Å²) in [5.74, 6) is 0. The van der Waals surface area contributed by atoms with E-state index in [1.165, 1.54) is 0 Å². The molecule has 0 bridgehead atoms. The zero-order chi connectivity index (χ0) is 10.8. The van der Waals surface area contributed by atoms with E-state index in [1.807, 2.05) is 18.3 Å². The highest BCUT2D eigenvalue weighted by Crippen LogP contribution is 2.32. The topological polar surface area (TPSA) is 46.2 Å². The molecule has 0 aromatic carbocycles. The van der Waals surface area contributed by atoms with Crippen molar-refractivity contribution in [3.05, 3.63) is 24.5 Å². The smallest absolute Gasteiger partial charge is 0.0839 e. The molecule has 4 heteroatoms. The summed E-state index contributed by atoms with van der Waals surface area (Å²) in [6.07, 6.45) is 5.88. The molecule has 1 spiro atoms. The van der Waals surface area contributed by atoms with Crippen molar-refractivity contribution < 1.29 is 4.74 Å². The molecule has 0 radical (unpaired) electrons. The second kappa shape index (κ2) is 4.03. The highest BCUT2D eigenvalue weighted by atomic mass is 16.5. The van der Waals surface area contributed by atoms with Gasteiger partial charge in [0, 0.05) is 25.4 Å². The number of aromatic nitrogens is 1. The Labute approximate surface area is 95.4 Å². The largest absolute Gasteiger partial charge is 0.379 e. The van der Waals surface area contributed by atoms with Crippen LogP contribution in [0.5, 0.6) is 0 Å². The maximum absolute atomic E-state index is 5.94. The zero-order valence-electron chi connectivity index (χ0n) is 9.28. The van der Waals surface area contributed by atoms with Crippen LogP contribution in [0, 0.1) is 0 Å². The van der Waals surface area contributed by atoms with Crippen LogP contribution in [0.4, 0.5) is 5.69 Å². The van der Waals surface area contributed by atoms with Gasteiger partial charge in [0.2, 0.25) is 0 Å². The predicted molar refractivity (Wildman–Crippen MR) is 62.4 cm³/mol. The van der Waals surface area contributed by atoms with Gasteiger partial charge in [0.25, 0.3) is 0 Å². The van der Waals surface area contributed by atoms with Crippen LogP contribution in [0.2, 0.25) is 0 Å². The summed E-state index contributed by atoms with van der Waals surface area (Å²) in [4.78, 5) is 4.10. The summed E-state index contributed by atoms with van der Waals surface area (Å²) in [7, 11) is 0. The van der Waals surface area contributed by atoms with Crippen LogP contribution in [0.1, 0.15) is 12.8 Å². The van der Waals surface area contributed by atoms with Gasteiger partial charge in [-0.15, -0.1) is 0 Å². The minimum Gasteiger partial charge on any atom is -0.379 e. The van der Waals surface area contributed by atoms with E-state index in [-0.39, 0.29) is 5.60 Å². The Balaban J connectivity index is 1.62. The van der Waals surface area contributed by atoms with Gasteiger partial charge < -0.3 is 15.4 Å². The SMILES string of the molecule is c1cncc(N[C@@H]2CO[C@@]3(CCNC3)C2)c1. The zero-order valence-corrected chi connectivity index (χ0v) is 9.28. The fraction of sp³-hybridized carbons (Fsp3) is 0.583. The third-order valence-electron chi connectivity index (χ3n) is 3.45. The minimum atomic E-state index is 0.0971. The highest BCUT2D eigenvalue weighted by molar-refractivity contribution is 5.41. The molecule has 0 amide bonds. The molecule has 1 aromatic rings. The highest BCUT2D eigenvalue weighted by Gasteiger charge is 2.42. The van der Waals surface area contributed by atoms with Crippen molar-refractivity contribution >= 4 is 5.69 Å². The second-order valence-corrected chi connectivity index (χ2v) is 4.71. The van der Waals surface area contributed by atoms with Gasteiger partial charge in [-0.3, -0.25) is 4.98 Å². The van der Waals surface area contributed by atoms with Gasteiger partial charge in [0.05, 0.1) is 23.9 Å². The molecular formula is C12H17N3O. The Morgan fingerprint density at radius 2 is 2.56 bits per heavy atom. The van der Waals surface area contributed by atoms with Crippen LogP contribution < -0.4 is 10.6 Å². The molecule has 2 atom stereocenters. The van der Waals surface area contributed by atoms with Crippen molar-refractivity contribution in [1.82, 2.24) is 10.3 Å². The Morgan fingerprint density at radius 3 is 3.31 bits per heavy atom. The van der Waals surface area contributed by atoms with E-state index >= 15 is 0 Å². The Bertz CT molecular complexity index is 349. The summed E-state index contributed by atoms with van der Waals surface area (Å²) < 4.78 is 5.94. The van der Waals surface area contributed by atoms with Gasteiger partial charge in [-0.2, -0.15) is 0 Å². The molecule has 2 fully saturated rings. The summed E-state index contributed by atoms with van der Waals surface area (Å²) in [5.41, 5.74) is 1.18. The van der Waals surface area contributed by atoms with Crippen molar-refractivity contribution in [1.29, 1.82) is 0 Å². The number of anilines is 1. The van der Waals surface area contributed by atoms with E-state index < -0.39 is 0 Å². The molecule has 16 heavy (non-hydrogen) atoms. The van der Waals surface area contributed by atoms with Crippen molar-refractivity contribution in [3.63, 3.8) is 0 Å². The van der Waals surface area contributed by atoms with E-state index in [9.17, 15) is 0 Å². The van der Waals surface area contributed by atoms with E-state index in [4.69, 9.17) is 4.74 Å². The summed E-state index contributed by atoms with van der Waals surface area (Å²) in [6, 6.07) is 4.42. The number of pyridine rings is 1. The summed E-state index contributed by atoms with van der Waals surface area (Å²) >= 11 is 0. The van der Waals surface area contributed by atoms with Gasteiger partial charge in [0.1, 0.15) is 0 Å². The minimum absolute atomic E-state index is 0.0971. The first-order chi connectivity index (χ1) is 7.86. The second-order valence-electron chi connectivity index (χ2n) is 4.71. The standard InChI is InChI=1S/C12H17N3O/c1-2-10(7-13-4-1)15-11-6-12(16-8-11)3-5-14-9-12/h1-2,4,7,11,14-15H,3,5-6,8-9H2/t11-,12-/m0/s1. The van der Waals surface area contributed by atoms with Gasteiger partial charge in [-0.05, 0) is 25.1 Å². The molecule has 2 N–H and O–H groups in total. The van der Waals surface area contributed by atoms with Gasteiger partial charge in [-0.1, -0.05) is 0 Å². The van der Waals surface area contributed by atoms with E-state index in [0.29, 0.717) is 6.04 Å². The van der Waals surface area contributed by atoms with Crippen LogP contribution in [0.3, 0.4) is 0 Å². The first-order valence-corrected chi connectivity index (χ1v) is 5.88. The average molecular weight is 219 g/mol. The van der Waals surface area contributed by atoms with Crippen molar-refractivity contribution in [2.24, 2.45) is 0 Å². The van der Waals surface area contributed by atoms with Gasteiger partial charge in [-0.25, -0.2) is 0 Å². The lowest BCUT2D eigenvalue weighted by atomic mass is 9.97. The number of hydrogen-bond acceptors (Lipinski definition) is 4. The Kier molecular flexibility index (Phi) is 2.53. The Hall–Kier alpha value is -1.13.